The Labute approximate surface area is 68.1 Å². The van der Waals surface area contributed by atoms with Gasteiger partial charge in [0.2, 0.25) is 5.91 Å². The van der Waals surface area contributed by atoms with Crippen LogP contribution in [0.15, 0.2) is 0 Å². The molecule has 1 saturated heterocycles. The summed E-state index contributed by atoms with van der Waals surface area (Å²) in [7, 11) is 0. The van der Waals surface area contributed by atoms with Crippen molar-refractivity contribution in [3.05, 3.63) is 0 Å². The zero-order valence-corrected chi connectivity index (χ0v) is 6.45. The number of rotatable bonds is 2. The molecule has 0 spiro atoms. The number of alkyl halides is 3. The Balaban J connectivity index is 2.20. The summed E-state index contributed by atoms with van der Waals surface area (Å²) in [4.78, 5) is 10.6. The van der Waals surface area contributed by atoms with E-state index < -0.39 is 12.6 Å². The highest BCUT2D eigenvalue weighted by molar-refractivity contribution is 5.78. The first-order chi connectivity index (χ1) is 5.47. The lowest BCUT2D eigenvalue weighted by atomic mass is 10.0. The Morgan fingerprint density at radius 2 is 2.17 bits per heavy atom. The smallest absolute Gasteiger partial charge is 0.356 e. The Hall–Kier alpha value is -0.740. The average molecular weight is 181 g/mol. The SMILES string of the molecule is O=C1C[C@@H](CCC(F)(F)F)CN1. The molecule has 5 heteroatoms. The van der Waals surface area contributed by atoms with Gasteiger partial charge in [-0.1, -0.05) is 0 Å². The van der Waals surface area contributed by atoms with E-state index in [1.807, 2.05) is 0 Å². The molecule has 0 aromatic rings. The van der Waals surface area contributed by atoms with E-state index >= 15 is 0 Å². The first-order valence-corrected chi connectivity index (χ1v) is 3.81. The zero-order valence-electron chi connectivity index (χ0n) is 6.45. The van der Waals surface area contributed by atoms with Gasteiger partial charge in [0, 0.05) is 19.4 Å². The van der Waals surface area contributed by atoms with Gasteiger partial charge in [0.05, 0.1) is 0 Å². The Bertz CT molecular complexity index is 178. The van der Waals surface area contributed by atoms with E-state index in [0.29, 0.717) is 6.54 Å². The number of hydrogen-bond donors (Lipinski definition) is 1. The van der Waals surface area contributed by atoms with Crippen LogP contribution in [0, 0.1) is 5.92 Å². The molecule has 0 saturated carbocycles. The number of halogens is 3. The zero-order chi connectivity index (χ0) is 9.19. The predicted molar refractivity (Wildman–Crippen MR) is 36.4 cm³/mol. The van der Waals surface area contributed by atoms with Gasteiger partial charge in [-0.25, -0.2) is 0 Å². The minimum absolute atomic E-state index is 0.0578. The van der Waals surface area contributed by atoms with Crippen LogP contribution in [0.5, 0.6) is 0 Å². The topological polar surface area (TPSA) is 29.1 Å². The van der Waals surface area contributed by atoms with Gasteiger partial charge in [-0.2, -0.15) is 13.2 Å². The fourth-order valence-corrected chi connectivity index (χ4v) is 1.24. The molecule has 1 aliphatic heterocycles. The molecule has 1 rings (SSSR count). The van der Waals surface area contributed by atoms with E-state index in [2.05, 4.69) is 5.32 Å². The third-order valence-electron chi connectivity index (χ3n) is 1.90. The molecule has 1 aliphatic rings. The second-order valence-corrected chi connectivity index (χ2v) is 3.03. The van der Waals surface area contributed by atoms with E-state index in [1.165, 1.54) is 0 Å². The van der Waals surface area contributed by atoms with Gasteiger partial charge in [-0.15, -0.1) is 0 Å². The Morgan fingerprint density at radius 1 is 1.50 bits per heavy atom. The summed E-state index contributed by atoms with van der Waals surface area (Å²) >= 11 is 0. The van der Waals surface area contributed by atoms with Crippen LogP contribution in [-0.2, 0) is 4.79 Å². The highest BCUT2D eigenvalue weighted by Crippen LogP contribution is 2.26. The van der Waals surface area contributed by atoms with Crippen molar-refractivity contribution in [2.24, 2.45) is 5.92 Å². The quantitative estimate of drug-likeness (QED) is 0.686. The van der Waals surface area contributed by atoms with Crippen LogP contribution < -0.4 is 5.32 Å². The summed E-state index contributed by atoms with van der Waals surface area (Å²) in [5, 5.41) is 2.50. The molecule has 1 amide bonds. The lowest BCUT2D eigenvalue weighted by Gasteiger charge is -2.08. The summed E-state index contributed by atoms with van der Waals surface area (Å²) in [5.41, 5.74) is 0. The molecule has 2 nitrogen and oxygen atoms in total. The highest BCUT2D eigenvalue weighted by atomic mass is 19.4. The van der Waals surface area contributed by atoms with E-state index in [0.717, 1.165) is 0 Å². The normalized spacial score (nSPS) is 24.2. The second kappa shape index (κ2) is 3.33. The maximum atomic E-state index is 11.7. The fraction of sp³-hybridized carbons (Fsp3) is 0.857. The van der Waals surface area contributed by atoms with E-state index in [-0.39, 0.29) is 24.7 Å². The standard InChI is InChI=1S/C7H10F3NO/c8-7(9,10)2-1-5-3-6(12)11-4-5/h5H,1-4H2,(H,11,12)/t5-/m1/s1. The van der Waals surface area contributed by atoms with Crippen LogP contribution >= 0.6 is 0 Å². The maximum Gasteiger partial charge on any atom is 0.389 e. The summed E-state index contributed by atoms with van der Waals surface area (Å²) in [5.74, 6) is -0.263. The maximum absolute atomic E-state index is 11.7. The van der Waals surface area contributed by atoms with Gasteiger partial charge < -0.3 is 5.32 Å². The van der Waals surface area contributed by atoms with Crippen molar-refractivity contribution in [2.75, 3.05) is 6.54 Å². The first-order valence-electron chi connectivity index (χ1n) is 3.81. The fourth-order valence-electron chi connectivity index (χ4n) is 1.24. The lowest BCUT2D eigenvalue weighted by Crippen LogP contribution is -2.15. The van der Waals surface area contributed by atoms with Gasteiger partial charge in [-0.05, 0) is 12.3 Å². The van der Waals surface area contributed by atoms with Gasteiger partial charge in [0.1, 0.15) is 0 Å². The Morgan fingerprint density at radius 3 is 2.58 bits per heavy atom. The molecule has 0 radical (unpaired) electrons. The van der Waals surface area contributed by atoms with E-state index in [9.17, 15) is 18.0 Å². The van der Waals surface area contributed by atoms with Crippen LogP contribution in [0.4, 0.5) is 13.2 Å². The lowest BCUT2D eigenvalue weighted by molar-refractivity contribution is -0.137. The number of carbonyl (C=O) groups excluding carboxylic acids is 1. The third kappa shape index (κ3) is 3.11. The first kappa shape index (κ1) is 9.35. The molecule has 0 unspecified atom stereocenters. The van der Waals surface area contributed by atoms with Crippen molar-refractivity contribution in [3.63, 3.8) is 0 Å². The Kier molecular flexibility index (Phi) is 2.59. The molecular weight excluding hydrogens is 171 g/mol. The molecule has 1 atom stereocenters. The van der Waals surface area contributed by atoms with Gasteiger partial charge in [0.15, 0.2) is 0 Å². The summed E-state index contributed by atoms with van der Waals surface area (Å²) in [6, 6.07) is 0. The van der Waals surface area contributed by atoms with Crippen molar-refractivity contribution in [2.45, 2.75) is 25.4 Å². The summed E-state index contributed by atoms with van der Waals surface area (Å²) in [6.07, 6.45) is -4.57. The van der Waals surface area contributed by atoms with Crippen LogP contribution in [0.2, 0.25) is 0 Å². The minimum atomic E-state index is -4.09. The molecule has 0 aromatic carbocycles. The number of amides is 1. The molecule has 0 aromatic heterocycles. The largest absolute Gasteiger partial charge is 0.389 e. The molecule has 1 heterocycles. The van der Waals surface area contributed by atoms with Crippen molar-refractivity contribution in [1.82, 2.24) is 5.32 Å². The van der Waals surface area contributed by atoms with Crippen molar-refractivity contribution < 1.29 is 18.0 Å². The molecular formula is C7H10F3NO. The van der Waals surface area contributed by atoms with Crippen molar-refractivity contribution in [3.8, 4) is 0 Å². The molecule has 0 aliphatic carbocycles. The molecule has 1 N–H and O–H groups in total. The number of nitrogens with one attached hydrogen (secondary N) is 1. The van der Waals surface area contributed by atoms with Crippen LogP contribution in [0.1, 0.15) is 19.3 Å². The van der Waals surface area contributed by atoms with Gasteiger partial charge in [0.25, 0.3) is 0 Å². The predicted octanol–water partition coefficient (Wildman–Crippen LogP) is 1.47. The van der Waals surface area contributed by atoms with Gasteiger partial charge >= 0.3 is 6.18 Å². The van der Waals surface area contributed by atoms with Crippen molar-refractivity contribution in [1.29, 1.82) is 0 Å². The second-order valence-electron chi connectivity index (χ2n) is 3.03. The number of carbonyl (C=O) groups is 1. The molecule has 12 heavy (non-hydrogen) atoms. The van der Waals surface area contributed by atoms with Gasteiger partial charge in [-0.3, -0.25) is 4.79 Å². The minimum Gasteiger partial charge on any atom is -0.356 e. The molecule has 1 fully saturated rings. The monoisotopic (exact) mass is 181 g/mol. The number of hydrogen-bond acceptors (Lipinski definition) is 1. The van der Waals surface area contributed by atoms with E-state index in [1.54, 1.807) is 0 Å². The third-order valence-corrected chi connectivity index (χ3v) is 1.90. The van der Waals surface area contributed by atoms with E-state index in [4.69, 9.17) is 0 Å². The highest BCUT2D eigenvalue weighted by Gasteiger charge is 2.30. The van der Waals surface area contributed by atoms with Crippen LogP contribution in [0.3, 0.4) is 0 Å². The average Bonchev–Trinajstić information content (AvgIpc) is 2.30. The molecule has 70 valence electrons. The molecule has 0 bridgehead atoms. The summed E-state index contributed by atoms with van der Waals surface area (Å²) in [6.45, 7) is 0.398. The van der Waals surface area contributed by atoms with Crippen LogP contribution in [-0.4, -0.2) is 18.6 Å². The van der Waals surface area contributed by atoms with Crippen LogP contribution in [0.25, 0.3) is 0 Å². The summed E-state index contributed by atoms with van der Waals surface area (Å²) < 4.78 is 35.1. The van der Waals surface area contributed by atoms with Crippen molar-refractivity contribution >= 4 is 5.91 Å².